The first-order valence-corrected chi connectivity index (χ1v) is 11.1. The Balaban J connectivity index is 1.67. The van der Waals surface area contributed by atoms with Crippen LogP contribution in [0.25, 0.3) is 11.1 Å². The molecule has 1 aliphatic rings. The summed E-state index contributed by atoms with van der Waals surface area (Å²) >= 11 is 0.949. The highest BCUT2D eigenvalue weighted by Gasteiger charge is 2.32. The van der Waals surface area contributed by atoms with E-state index in [2.05, 4.69) is 4.98 Å². The zero-order valence-electron chi connectivity index (χ0n) is 14.5. The lowest BCUT2D eigenvalue weighted by molar-refractivity contribution is -0.383. The van der Waals surface area contributed by atoms with Crippen LogP contribution in [0.4, 0.5) is 10.7 Å². The molecule has 1 fully saturated rings. The second-order valence-corrected chi connectivity index (χ2v) is 9.86. The fraction of sp³-hybridized carbons (Fsp3) is 0.353. The van der Waals surface area contributed by atoms with Gasteiger partial charge in [0.05, 0.1) is 10.8 Å². The molecule has 2 aromatic heterocycles. The molecule has 3 aromatic rings. The van der Waals surface area contributed by atoms with Crippen molar-refractivity contribution in [3.05, 3.63) is 46.3 Å². The second kappa shape index (κ2) is 6.61. The molecule has 142 valence electrons. The first-order valence-electron chi connectivity index (χ1n) is 8.41. The highest BCUT2D eigenvalue weighted by Crippen LogP contribution is 2.42. The van der Waals surface area contributed by atoms with Crippen molar-refractivity contribution >= 4 is 43.0 Å². The van der Waals surface area contributed by atoms with Crippen molar-refractivity contribution < 1.29 is 17.8 Å². The third-order valence-corrected chi connectivity index (χ3v) is 7.59. The number of benzene rings is 1. The molecule has 1 aromatic carbocycles. The Kier molecular flexibility index (Phi) is 4.39. The number of oxazole rings is 1. The third-order valence-electron chi connectivity index (χ3n) is 4.60. The molecule has 0 saturated carbocycles. The molecule has 0 bridgehead atoms. The van der Waals surface area contributed by atoms with E-state index in [1.807, 2.05) is 29.2 Å². The molecule has 8 nitrogen and oxygen atoms in total. The molecular formula is C17H17N3O5S2. The largest absolute Gasteiger partial charge is 0.440 e. The van der Waals surface area contributed by atoms with Crippen LogP contribution in [-0.4, -0.2) is 37.7 Å². The summed E-state index contributed by atoms with van der Waals surface area (Å²) in [6, 6.07) is 8.66. The number of hydrogen-bond acceptors (Lipinski definition) is 8. The lowest BCUT2D eigenvalue weighted by Crippen LogP contribution is -2.34. The number of rotatable bonds is 4. The Morgan fingerprint density at radius 1 is 1.37 bits per heavy atom. The van der Waals surface area contributed by atoms with Crippen LogP contribution in [-0.2, 0) is 9.84 Å². The van der Waals surface area contributed by atoms with Crippen LogP contribution >= 0.6 is 11.3 Å². The maximum Gasteiger partial charge on any atom is 0.305 e. The Bertz CT molecular complexity index is 1090. The van der Waals surface area contributed by atoms with E-state index in [4.69, 9.17) is 4.42 Å². The molecule has 0 amide bonds. The van der Waals surface area contributed by atoms with Crippen molar-refractivity contribution in [2.45, 2.75) is 23.0 Å². The minimum absolute atomic E-state index is 0.00506. The molecule has 1 atom stereocenters. The van der Waals surface area contributed by atoms with Gasteiger partial charge in [0.1, 0.15) is 9.73 Å². The van der Waals surface area contributed by atoms with Crippen LogP contribution in [0.15, 0.2) is 39.0 Å². The van der Waals surface area contributed by atoms with Crippen molar-refractivity contribution in [2.24, 2.45) is 0 Å². The lowest BCUT2D eigenvalue weighted by atomic mass is 9.98. The van der Waals surface area contributed by atoms with E-state index in [1.165, 1.54) is 0 Å². The van der Waals surface area contributed by atoms with Crippen LogP contribution in [0.3, 0.4) is 0 Å². The second-order valence-electron chi connectivity index (χ2n) is 6.59. The van der Waals surface area contributed by atoms with Crippen molar-refractivity contribution in [2.75, 3.05) is 24.2 Å². The van der Waals surface area contributed by atoms with Gasteiger partial charge in [0.15, 0.2) is 26.3 Å². The predicted molar refractivity (Wildman–Crippen MR) is 102 cm³/mol. The third kappa shape index (κ3) is 3.42. The number of sulfone groups is 1. The first-order chi connectivity index (χ1) is 12.8. The van der Waals surface area contributed by atoms with Gasteiger partial charge in [0.25, 0.3) is 0 Å². The van der Waals surface area contributed by atoms with E-state index < -0.39 is 14.8 Å². The Morgan fingerprint density at radius 2 is 2.15 bits per heavy atom. The quantitative estimate of drug-likeness (QED) is 0.480. The van der Waals surface area contributed by atoms with Gasteiger partial charge in [0, 0.05) is 25.4 Å². The molecule has 0 aliphatic carbocycles. The van der Waals surface area contributed by atoms with Crippen LogP contribution < -0.4 is 4.90 Å². The number of anilines is 1. The minimum atomic E-state index is -3.50. The number of piperidine rings is 1. The average molecular weight is 407 g/mol. The molecule has 0 spiro atoms. The molecule has 3 heterocycles. The number of hydrogen-bond donors (Lipinski definition) is 0. The van der Waals surface area contributed by atoms with Crippen LogP contribution in [0.5, 0.6) is 0 Å². The van der Waals surface area contributed by atoms with Gasteiger partial charge >= 0.3 is 5.69 Å². The normalized spacial score (nSPS) is 18.1. The Hall–Kier alpha value is -2.46. The first kappa shape index (κ1) is 17.9. The van der Waals surface area contributed by atoms with Crippen molar-refractivity contribution in [1.29, 1.82) is 0 Å². The standard InChI is InChI=1S/C17H17N3O5S2/c1-27(23,24)15-9-13(20(21)22)17(26-15)19-8-4-5-11(10-19)16-18-12-6-2-3-7-14(12)25-16/h2-3,6-7,9,11H,4-5,8,10H2,1H3. The van der Waals surface area contributed by atoms with Crippen molar-refractivity contribution in [3.63, 3.8) is 0 Å². The molecule has 0 radical (unpaired) electrons. The summed E-state index contributed by atoms with van der Waals surface area (Å²) in [6.45, 7) is 1.12. The minimum Gasteiger partial charge on any atom is -0.440 e. The zero-order chi connectivity index (χ0) is 19.2. The SMILES string of the molecule is CS(=O)(=O)c1cc([N+](=O)[O-])c(N2CCCC(c3nc4ccccc4o3)C2)s1. The summed E-state index contributed by atoms with van der Waals surface area (Å²) in [5, 5.41) is 11.8. The van der Waals surface area contributed by atoms with E-state index >= 15 is 0 Å². The van der Waals surface area contributed by atoms with E-state index in [0.29, 0.717) is 29.6 Å². The van der Waals surface area contributed by atoms with Gasteiger partial charge in [-0.2, -0.15) is 0 Å². The van der Waals surface area contributed by atoms with Crippen molar-refractivity contribution in [3.8, 4) is 0 Å². The highest BCUT2D eigenvalue weighted by atomic mass is 32.2. The van der Waals surface area contributed by atoms with Gasteiger partial charge in [-0.25, -0.2) is 13.4 Å². The molecule has 4 rings (SSSR count). The van der Waals surface area contributed by atoms with Gasteiger partial charge in [-0.15, -0.1) is 0 Å². The van der Waals surface area contributed by atoms with E-state index in [0.717, 1.165) is 42.0 Å². The van der Waals surface area contributed by atoms with Gasteiger partial charge < -0.3 is 9.32 Å². The number of nitrogens with zero attached hydrogens (tertiary/aromatic N) is 3. The topological polar surface area (TPSA) is 107 Å². The number of thiophene rings is 1. The van der Waals surface area contributed by atoms with Gasteiger partial charge in [-0.1, -0.05) is 23.5 Å². The Morgan fingerprint density at radius 3 is 2.85 bits per heavy atom. The zero-order valence-corrected chi connectivity index (χ0v) is 16.1. The molecule has 1 unspecified atom stereocenters. The summed E-state index contributed by atoms with van der Waals surface area (Å²) in [4.78, 5) is 17.3. The molecule has 1 saturated heterocycles. The van der Waals surface area contributed by atoms with E-state index in [-0.39, 0.29) is 15.8 Å². The summed E-state index contributed by atoms with van der Waals surface area (Å²) in [6.07, 6.45) is 2.73. The highest BCUT2D eigenvalue weighted by molar-refractivity contribution is 7.92. The molecule has 1 aliphatic heterocycles. The van der Waals surface area contributed by atoms with Crippen LogP contribution in [0.1, 0.15) is 24.7 Å². The number of para-hydroxylation sites is 2. The van der Waals surface area contributed by atoms with Gasteiger partial charge in [-0.05, 0) is 25.0 Å². The monoisotopic (exact) mass is 407 g/mol. The molecule has 0 N–H and O–H groups in total. The van der Waals surface area contributed by atoms with Gasteiger partial charge in [-0.3, -0.25) is 10.1 Å². The maximum absolute atomic E-state index is 11.8. The summed E-state index contributed by atoms with van der Waals surface area (Å²) in [5.74, 6) is 0.609. The summed E-state index contributed by atoms with van der Waals surface area (Å²) < 4.78 is 29.5. The number of fused-ring (bicyclic) bond motifs is 1. The summed E-state index contributed by atoms with van der Waals surface area (Å²) in [5.41, 5.74) is 1.33. The van der Waals surface area contributed by atoms with Crippen molar-refractivity contribution in [1.82, 2.24) is 4.98 Å². The molecule has 10 heteroatoms. The fourth-order valence-corrected chi connectivity index (χ4v) is 5.38. The fourth-order valence-electron chi connectivity index (χ4n) is 3.32. The molecule has 27 heavy (non-hydrogen) atoms. The van der Waals surface area contributed by atoms with Crippen LogP contribution in [0.2, 0.25) is 0 Å². The summed E-state index contributed by atoms with van der Waals surface area (Å²) in [7, 11) is -3.50. The van der Waals surface area contributed by atoms with Crippen LogP contribution in [0, 0.1) is 10.1 Å². The van der Waals surface area contributed by atoms with E-state index in [9.17, 15) is 18.5 Å². The smallest absolute Gasteiger partial charge is 0.305 e. The lowest BCUT2D eigenvalue weighted by Gasteiger charge is -2.31. The van der Waals surface area contributed by atoms with Gasteiger partial charge in [0.2, 0.25) is 0 Å². The number of aromatic nitrogens is 1. The number of nitro groups is 1. The Labute approximate surface area is 159 Å². The maximum atomic E-state index is 11.8. The van der Waals surface area contributed by atoms with E-state index in [1.54, 1.807) is 0 Å². The predicted octanol–water partition coefficient (Wildman–Crippen LogP) is 3.59. The molecular weight excluding hydrogens is 390 g/mol. The average Bonchev–Trinajstić information content (AvgIpc) is 3.26.